The molecule has 1 heterocycles. The number of nitrogens with two attached hydrogens (primary N) is 1. The molecule has 1 aromatic heterocycles. The highest BCUT2D eigenvalue weighted by atomic mass is 16.3. The molecule has 3 aliphatic carbocycles. The molecule has 0 saturated heterocycles. The normalized spacial score (nSPS) is 31.6. The number of carbonyl (C=O) groups excluding carboxylic acids is 3. The van der Waals surface area contributed by atoms with Crippen molar-refractivity contribution in [2.24, 2.45) is 17.6 Å². The van der Waals surface area contributed by atoms with Gasteiger partial charge in [-0.1, -0.05) is 0 Å². The quantitative estimate of drug-likeness (QED) is 0.425. The number of nitrogens with one attached hydrogen (secondary N) is 1. The fourth-order valence-corrected chi connectivity index (χ4v) is 4.18. The topological polar surface area (TPSA) is 167 Å². The van der Waals surface area contributed by atoms with Crippen LogP contribution in [0.5, 0.6) is 0 Å². The lowest BCUT2D eigenvalue weighted by Crippen LogP contribution is -2.58. The fourth-order valence-electron chi connectivity index (χ4n) is 4.18. The number of imidazole rings is 1. The van der Waals surface area contributed by atoms with E-state index >= 15 is 0 Å². The molecule has 4 rings (SSSR count). The Balaban J connectivity index is 1.92. The summed E-state index contributed by atoms with van der Waals surface area (Å²) in [5.74, 6) is -5.57. The number of H-pyrrole nitrogens is 1. The summed E-state index contributed by atoms with van der Waals surface area (Å²) in [7, 11) is 0. The zero-order valence-electron chi connectivity index (χ0n) is 12.9. The van der Waals surface area contributed by atoms with Crippen LogP contribution in [0.4, 0.5) is 0 Å². The van der Waals surface area contributed by atoms with E-state index in [0.29, 0.717) is 12.1 Å². The lowest BCUT2D eigenvalue weighted by Gasteiger charge is -2.45. The molecule has 1 saturated carbocycles. The lowest BCUT2D eigenvalue weighted by molar-refractivity contribution is -0.147. The Kier molecular flexibility index (Phi) is 2.99. The Morgan fingerprint density at radius 1 is 1.32 bits per heavy atom. The van der Waals surface area contributed by atoms with Crippen molar-refractivity contribution in [3.05, 3.63) is 34.6 Å². The molecule has 1 unspecified atom stereocenters. The van der Waals surface area contributed by atoms with Gasteiger partial charge in [-0.3, -0.25) is 14.4 Å². The van der Waals surface area contributed by atoms with E-state index in [-0.39, 0.29) is 29.9 Å². The molecule has 0 radical (unpaired) electrons. The summed E-state index contributed by atoms with van der Waals surface area (Å²) in [5, 5.41) is 31.7. The van der Waals surface area contributed by atoms with Crippen molar-refractivity contribution in [3.8, 4) is 0 Å². The molecule has 0 aromatic carbocycles. The fraction of sp³-hybridized carbons (Fsp3) is 0.375. The van der Waals surface area contributed by atoms with Crippen molar-refractivity contribution in [2.75, 3.05) is 0 Å². The van der Waals surface area contributed by atoms with Gasteiger partial charge in [0.25, 0.3) is 5.91 Å². The van der Waals surface area contributed by atoms with Crippen LogP contribution < -0.4 is 5.73 Å². The number of aliphatic hydroxyl groups is 3. The van der Waals surface area contributed by atoms with Gasteiger partial charge in [0.05, 0.1) is 6.33 Å². The van der Waals surface area contributed by atoms with Crippen molar-refractivity contribution in [1.29, 1.82) is 0 Å². The van der Waals surface area contributed by atoms with Crippen LogP contribution in [0.1, 0.15) is 24.2 Å². The van der Waals surface area contributed by atoms with Crippen LogP contribution in [-0.4, -0.2) is 48.4 Å². The highest BCUT2D eigenvalue weighted by molar-refractivity contribution is 6.22. The van der Waals surface area contributed by atoms with Crippen LogP contribution in [-0.2, 0) is 20.8 Å². The highest BCUT2D eigenvalue weighted by Crippen LogP contribution is 2.50. The SMILES string of the molecule is NC(=O)C1=C(O)[C@@]2(O)C(=O)C3=C(O)c4nc[nH]c4C[C@H]3CC2CC1=O. The maximum absolute atomic E-state index is 13.0. The van der Waals surface area contributed by atoms with Gasteiger partial charge in [0.1, 0.15) is 22.8 Å². The van der Waals surface area contributed by atoms with E-state index in [1.807, 2.05) is 0 Å². The van der Waals surface area contributed by atoms with Gasteiger partial charge in [0.15, 0.2) is 11.4 Å². The van der Waals surface area contributed by atoms with Crippen LogP contribution in [0.2, 0.25) is 0 Å². The highest BCUT2D eigenvalue weighted by Gasteiger charge is 2.60. The second-order valence-electron chi connectivity index (χ2n) is 6.64. The molecule has 9 nitrogen and oxygen atoms in total. The zero-order chi connectivity index (χ0) is 18.1. The van der Waals surface area contributed by atoms with E-state index in [1.54, 1.807) is 0 Å². The molecule has 1 aromatic rings. The number of aliphatic hydroxyl groups excluding tert-OH is 2. The first kappa shape index (κ1) is 15.6. The van der Waals surface area contributed by atoms with Crippen molar-refractivity contribution in [2.45, 2.75) is 24.9 Å². The first-order valence-electron chi connectivity index (χ1n) is 7.76. The monoisotopic (exact) mass is 345 g/mol. The second-order valence-corrected chi connectivity index (χ2v) is 6.64. The minimum Gasteiger partial charge on any atom is -0.508 e. The van der Waals surface area contributed by atoms with Gasteiger partial charge in [-0.05, 0) is 18.8 Å². The minimum absolute atomic E-state index is 0.0527. The van der Waals surface area contributed by atoms with Crippen LogP contribution in [0, 0.1) is 11.8 Å². The van der Waals surface area contributed by atoms with E-state index in [0.717, 1.165) is 0 Å². The second kappa shape index (κ2) is 4.79. The Morgan fingerprint density at radius 2 is 2.04 bits per heavy atom. The van der Waals surface area contributed by atoms with Crippen LogP contribution in [0.15, 0.2) is 23.2 Å². The maximum Gasteiger partial charge on any atom is 0.255 e. The summed E-state index contributed by atoms with van der Waals surface area (Å²) in [5.41, 5.74) is 2.71. The number of carbonyl (C=O) groups is 3. The number of primary amides is 1. The largest absolute Gasteiger partial charge is 0.508 e. The summed E-state index contributed by atoms with van der Waals surface area (Å²) in [6, 6.07) is 0. The summed E-state index contributed by atoms with van der Waals surface area (Å²) in [4.78, 5) is 43.4. The number of fused-ring (bicyclic) bond motifs is 3. The van der Waals surface area contributed by atoms with Gasteiger partial charge >= 0.3 is 0 Å². The standard InChI is InChI=1S/C16H15N3O6/c17-15(24)10-8(20)3-6-1-5-2-7-11(19-4-18-7)12(21)9(5)13(22)16(6,25)14(10)23/h4-6,21,23,25H,1-3H2,(H2,17,24)(H,18,19)/t5-,6?,16+/m1/s1. The predicted octanol–water partition coefficient (Wildman–Crippen LogP) is -0.559. The Labute approximate surface area is 140 Å². The number of aromatic amines is 1. The molecule has 25 heavy (non-hydrogen) atoms. The van der Waals surface area contributed by atoms with E-state index in [9.17, 15) is 29.7 Å². The van der Waals surface area contributed by atoms with Crippen LogP contribution >= 0.6 is 0 Å². The van der Waals surface area contributed by atoms with Crippen LogP contribution in [0.3, 0.4) is 0 Å². The minimum atomic E-state index is -2.45. The maximum atomic E-state index is 13.0. The number of hydrogen-bond acceptors (Lipinski definition) is 7. The van der Waals surface area contributed by atoms with Crippen molar-refractivity contribution in [3.63, 3.8) is 0 Å². The van der Waals surface area contributed by atoms with Crippen molar-refractivity contribution < 1.29 is 29.7 Å². The molecule has 3 atom stereocenters. The summed E-state index contributed by atoms with van der Waals surface area (Å²) >= 11 is 0. The smallest absolute Gasteiger partial charge is 0.255 e. The number of ketones is 2. The van der Waals surface area contributed by atoms with Gasteiger partial charge in [-0.2, -0.15) is 0 Å². The third-order valence-corrected chi connectivity index (χ3v) is 5.36. The van der Waals surface area contributed by atoms with Crippen LogP contribution in [0.25, 0.3) is 5.76 Å². The molecule has 9 heteroatoms. The first-order chi connectivity index (χ1) is 11.8. The molecule has 1 fully saturated rings. The van der Waals surface area contributed by atoms with E-state index in [2.05, 4.69) is 9.97 Å². The van der Waals surface area contributed by atoms with Crippen molar-refractivity contribution in [1.82, 2.24) is 9.97 Å². The number of Topliss-reactive ketones (excluding diaryl/α,β-unsaturated/α-hetero) is 2. The summed E-state index contributed by atoms with van der Waals surface area (Å²) in [6.07, 6.45) is 1.67. The predicted molar refractivity (Wildman–Crippen MR) is 81.9 cm³/mol. The summed E-state index contributed by atoms with van der Waals surface area (Å²) in [6.45, 7) is 0. The van der Waals surface area contributed by atoms with Gasteiger partial charge in [-0.15, -0.1) is 0 Å². The molecule has 3 aliphatic rings. The van der Waals surface area contributed by atoms with Gasteiger partial charge in [-0.25, -0.2) is 4.98 Å². The Hall–Kier alpha value is -2.94. The average Bonchev–Trinajstić information content (AvgIpc) is 2.99. The molecule has 0 bridgehead atoms. The van der Waals surface area contributed by atoms with E-state index in [1.165, 1.54) is 6.33 Å². The number of amides is 1. The molecule has 1 amide bonds. The van der Waals surface area contributed by atoms with Gasteiger partial charge in [0.2, 0.25) is 5.78 Å². The number of hydrogen-bond donors (Lipinski definition) is 5. The number of nitrogens with zero attached hydrogens (tertiary/aromatic N) is 1. The molecular weight excluding hydrogens is 330 g/mol. The first-order valence-corrected chi connectivity index (χ1v) is 7.76. The molecule has 0 aliphatic heterocycles. The van der Waals surface area contributed by atoms with Gasteiger partial charge in [0, 0.05) is 23.6 Å². The third-order valence-electron chi connectivity index (χ3n) is 5.36. The molecule has 0 spiro atoms. The van der Waals surface area contributed by atoms with E-state index < -0.39 is 46.2 Å². The number of rotatable bonds is 1. The zero-order valence-corrected chi connectivity index (χ0v) is 12.9. The van der Waals surface area contributed by atoms with Gasteiger partial charge < -0.3 is 26.0 Å². The number of aromatic nitrogens is 2. The molecule has 6 N–H and O–H groups in total. The Morgan fingerprint density at radius 3 is 2.72 bits per heavy atom. The third kappa shape index (κ3) is 1.81. The molecule has 130 valence electrons. The Bertz CT molecular complexity index is 911. The van der Waals surface area contributed by atoms with E-state index in [4.69, 9.17) is 5.73 Å². The lowest BCUT2D eigenvalue weighted by atomic mass is 9.60. The average molecular weight is 345 g/mol. The summed E-state index contributed by atoms with van der Waals surface area (Å²) < 4.78 is 0. The molecular formula is C16H15N3O6. The van der Waals surface area contributed by atoms with Crippen molar-refractivity contribution >= 4 is 23.2 Å².